The summed E-state index contributed by atoms with van der Waals surface area (Å²) in [4.78, 5) is 18.0. The van der Waals surface area contributed by atoms with Crippen molar-refractivity contribution in [2.24, 2.45) is 5.92 Å². The zero-order chi connectivity index (χ0) is 13.0. The summed E-state index contributed by atoms with van der Waals surface area (Å²) in [6.45, 7) is 7.00. The smallest absolute Gasteiger partial charge is 0.205 e. The first-order chi connectivity index (χ1) is 7.91. The van der Waals surface area contributed by atoms with Gasteiger partial charge in [0.2, 0.25) is 5.78 Å². The number of carbonyl (C=O) groups is 1. The molecule has 4 heteroatoms. The molecule has 0 fully saturated rings. The van der Waals surface area contributed by atoms with Crippen molar-refractivity contribution >= 4 is 5.78 Å². The monoisotopic (exact) mass is 235 g/mol. The van der Waals surface area contributed by atoms with E-state index in [2.05, 4.69) is 18.8 Å². The van der Waals surface area contributed by atoms with Gasteiger partial charge in [0.15, 0.2) is 0 Å². The van der Waals surface area contributed by atoms with Crippen LogP contribution in [-0.4, -0.2) is 34.3 Å². The molecular formula is C13H21N3O. The van der Waals surface area contributed by atoms with Crippen LogP contribution >= 0.6 is 0 Å². The predicted molar refractivity (Wildman–Crippen MR) is 69.0 cm³/mol. The first kappa shape index (κ1) is 13.5. The Bertz CT molecular complexity index is 416. The first-order valence-electron chi connectivity index (χ1n) is 5.83. The molecule has 0 atom stereocenters. The molecule has 0 aliphatic carbocycles. The van der Waals surface area contributed by atoms with Crippen LogP contribution in [0.5, 0.6) is 0 Å². The number of hydrogen-bond acceptors (Lipinski definition) is 3. The van der Waals surface area contributed by atoms with Crippen molar-refractivity contribution in [3.8, 4) is 0 Å². The molecule has 1 heterocycles. The molecule has 1 rings (SSSR count). The van der Waals surface area contributed by atoms with E-state index in [9.17, 15) is 4.79 Å². The molecule has 1 aromatic heterocycles. The van der Waals surface area contributed by atoms with Crippen molar-refractivity contribution in [3.05, 3.63) is 30.0 Å². The van der Waals surface area contributed by atoms with E-state index in [1.807, 2.05) is 30.5 Å². The Morgan fingerprint density at radius 2 is 2.18 bits per heavy atom. The van der Waals surface area contributed by atoms with E-state index in [0.717, 1.165) is 12.4 Å². The van der Waals surface area contributed by atoms with E-state index >= 15 is 0 Å². The third-order valence-electron chi connectivity index (χ3n) is 2.38. The van der Waals surface area contributed by atoms with Gasteiger partial charge in [-0.15, -0.1) is 0 Å². The highest BCUT2D eigenvalue weighted by Crippen LogP contribution is 2.10. The number of hydrogen-bond donors (Lipinski definition) is 0. The van der Waals surface area contributed by atoms with E-state index in [-0.39, 0.29) is 5.78 Å². The van der Waals surface area contributed by atoms with Gasteiger partial charge in [0, 0.05) is 32.9 Å². The molecule has 0 saturated heterocycles. The molecular weight excluding hydrogens is 214 g/mol. The molecule has 0 spiro atoms. The molecule has 0 bridgehead atoms. The van der Waals surface area contributed by atoms with Crippen LogP contribution in [0.3, 0.4) is 0 Å². The average Bonchev–Trinajstić information content (AvgIpc) is 2.56. The zero-order valence-electron chi connectivity index (χ0n) is 11.3. The van der Waals surface area contributed by atoms with Gasteiger partial charge < -0.3 is 9.47 Å². The number of nitrogens with zero attached hydrogens (tertiary/aromatic N) is 3. The molecule has 0 aromatic carbocycles. The van der Waals surface area contributed by atoms with Crippen LogP contribution in [0.1, 0.15) is 30.2 Å². The molecule has 17 heavy (non-hydrogen) atoms. The van der Waals surface area contributed by atoms with Crippen molar-refractivity contribution in [1.29, 1.82) is 0 Å². The molecule has 0 N–H and O–H groups in total. The SMILES string of the molecule is Cc1ncc(C(=O)C=CN(C)C)n1CC(C)C. The predicted octanol–water partition coefficient (Wildman–Crippen LogP) is 2.11. The Labute approximate surface area is 103 Å². The lowest BCUT2D eigenvalue weighted by Gasteiger charge is -2.11. The summed E-state index contributed by atoms with van der Waals surface area (Å²) in [6, 6.07) is 0. The molecule has 94 valence electrons. The highest BCUT2D eigenvalue weighted by molar-refractivity contribution is 6.03. The van der Waals surface area contributed by atoms with E-state index in [0.29, 0.717) is 11.6 Å². The van der Waals surface area contributed by atoms with Crippen LogP contribution in [0.2, 0.25) is 0 Å². The van der Waals surface area contributed by atoms with Crippen molar-refractivity contribution in [1.82, 2.24) is 14.5 Å². The van der Waals surface area contributed by atoms with Gasteiger partial charge >= 0.3 is 0 Å². The minimum atomic E-state index is -0.0000463. The minimum absolute atomic E-state index is 0.0000463. The highest BCUT2D eigenvalue weighted by Gasteiger charge is 2.12. The van der Waals surface area contributed by atoms with Crippen molar-refractivity contribution in [3.63, 3.8) is 0 Å². The Kier molecular flexibility index (Phi) is 4.49. The molecule has 0 aliphatic rings. The second kappa shape index (κ2) is 5.66. The van der Waals surface area contributed by atoms with Gasteiger partial charge in [0.1, 0.15) is 11.5 Å². The molecule has 0 saturated carbocycles. The Morgan fingerprint density at radius 3 is 2.71 bits per heavy atom. The van der Waals surface area contributed by atoms with Gasteiger partial charge in [-0.1, -0.05) is 13.8 Å². The van der Waals surface area contributed by atoms with Crippen molar-refractivity contribution < 1.29 is 4.79 Å². The summed E-state index contributed by atoms with van der Waals surface area (Å²) in [5.41, 5.74) is 0.661. The topological polar surface area (TPSA) is 38.1 Å². The number of ketones is 1. The summed E-state index contributed by atoms with van der Waals surface area (Å²) in [7, 11) is 3.78. The summed E-state index contributed by atoms with van der Waals surface area (Å²) in [6.07, 6.45) is 4.98. The molecule has 0 unspecified atom stereocenters. The number of allylic oxidation sites excluding steroid dienone is 1. The first-order valence-corrected chi connectivity index (χ1v) is 5.83. The van der Waals surface area contributed by atoms with Gasteiger partial charge in [0.05, 0.1) is 6.20 Å². The van der Waals surface area contributed by atoms with Crippen LogP contribution in [-0.2, 0) is 6.54 Å². The molecule has 1 aromatic rings. The molecule has 0 amide bonds. The van der Waals surface area contributed by atoms with E-state index in [1.165, 1.54) is 0 Å². The maximum Gasteiger partial charge on any atom is 0.205 e. The van der Waals surface area contributed by atoms with Gasteiger partial charge in [-0.05, 0) is 12.8 Å². The molecule has 0 radical (unpaired) electrons. The summed E-state index contributed by atoms with van der Waals surface area (Å²) >= 11 is 0. The number of carbonyl (C=O) groups excluding carboxylic acids is 1. The fraction of sp³-hybridized carbons (Fsp3) is 0.538. The van der Waals surface area contributed by atoms with Crippen LogP contribution in [0.15, 0.2) is 18.5 Å². The lowest BCUT2D eigenvalue weighted by atomic mass is 10.2. The van der Waals surface area contributed by atoms with Crippen LogP contribution in [0.25, 0.3) is 0 Å². The van der Waals surface area contributed by atoms with Gasteiger partial charge in [-0.2, -0.15) is 0 Å². The fourth-order valence-corrected chi connectivity index (χ4v) is 1.56. The maximum atomic E-state index is 12.0. The Hall–Kier alpha value is -1.58. The largest absolute Gasteiger partial charge is 0.383 e. The molecule has 0 aliphatic heterocycles. The van der Waals surface area contributed by atoms with E-state index in [4.69, 9.17) is 0 Å². The minimum Gasteiger partial charge on any atom is -0.383 e. The van der Waals surface area contributed by atoms with Crippen LogP contribution < -0.4 is 0 Å². The number of aryl methyl sites for hydroxylation is 1. The quantitative estimate of drug-likeness (QED) is 0.579. The number of imidazole rings is 1. The lowest BCUT2D eigenvalue weighted by molar-refractivity contribution is 0.103. The van der Waals surface area contributed by atoms with Crippen molar-refractivity contribution in [2.75, 3.05) is 14.1 Å². The van der Waals surface area contributed by atoms with E-state index in [1.54, 1.807) is 18.5 Å². The Balaban J connectivity index is 2.94. The normalized spacial score (nSPS) is 11.4. The van der Waals surface area contributed by atoms with Crippen LogP contribution in [0, 0.1) is 12.8 Å². The summed E-state index contributed by atoms with van der Waals surface area (Å²) in [5.74, 6) is 1.38. The third kappa shape index (κ3) is 3.73. The fourth-order valence-electron chi connectivity index (χ4n) is 1.56. The second-order valence-electron chi connectivity index (χ2n) is 4.84. The van der Waals surface area contributed by atoms with Crippen LogP contribution in [0.4, 0.5) is 0 Å². The zero-order valence-corrected chi connectivity index (χ0v) is 11.3. The Morgan fingerprint density at radius 1 is 1.53 bits per heavy atom. The third-order valence-corrected chi connectivity index (χ3v) is 2.38. The lowest BCUT2D eigenvalue weighted by Crippen LogP contribution is -2.13. The standard InChI is InChI=1S/C13H21N3O/c1-10(2)9-16-11(3)14-8-12(16)13(17)6-7-15(4)5/h6-8,10H,9H2,1-5H3. The highest BCUT2D eigenvalue weighted by atomic mass is 16.1. The van der Waals surface area contributed by atoms with Gasteiger partial charge in [0.25, 0.3) is 0 Å². The average molecular weight is 235 g/mol. The van der Waals surface area contributed by atoms with Crippen molar-refractivity contribution in [2.45, 2.75) is 27.3 Å². The summed E-state index contributed by atoms with van der Waals surface area (Å²) < 4.78 is 1.98. The molecule has 4 nitrogen and oxygen atoms in total. The maximum absolute atomic E-state index is 12.0. The van der Waals surface area contributed by atoms with E-state index < -0.39 is 0 Å². The number of rotatable bonds is 5. The van der Waals surface area contributed by atoms with Gasteiger partial charge in [-0.3, -0.25) is 4.79 Å². The van der Waals surface area contributed by atoms with Gasteiger partial charge in [-0.25, -0.2) is 4.98 Å². The summed E-state index contributed by atoms with van der Waals surface area (Å²) in [5, 5.41) is 0. The number of aromatic nitrogens is 2. The second-order valence-corrected chi connectivity index (χ2v) is 4.84.